The van der Waals surface area contributed by atoms with Crippen molar-refractivity contribution < 1.29 is 9.72 Å². The molecular weight excluding hydrogens is 290 g/mol. The highest BCUT2D eigenvalue weighted by molar-refractivity contribution is 7.15. The Morgan fingerprint density at radius 2 is 1.95 bits per heavy atom. The Balaban J connectivity index is 1.91. The van der Waals surface area contributed by atoms with Crippen molar-refractivity contribution in [3.63, 3.8) is 0 Å². The summed E-state index contributed by atoms with van der Waals surface area (Å²) in [4.78, 5) is 22.4. The Kier molecular flexibility index (Phi) is 4.89. The minimum atomic E-state index is -0.387. The lowest BCUT2D eigenvalue weighted by atomic mass is 10.1. The summed E-state index contributed by atoms with van der Waals surface area (Å²) in [5.74, 6) is -0.0263. The first kappa shape index (κ1) is 15.0. The van der Waals surface area contributed by atoms with Crippen LogP contribution < -0.4 is 10.6 Å². The number of rotatable bonds is 6. The van der Waals surface area contributed by atoms with E-state index in [0.717, 1.165) is 27.5 Å². The van der Waals surface area contributed by atoms with Gasteiger partial charge in [0.25, 0.3) is 0 Å². The molecule has 0 radical (unpaired) electrons. The Hall–Kier alpha value is -2.41. The number of nitrogens with one attached hydrogen (secondary N) is 2. The van der Waals surface area contributed by atoms with Crippen molar-refractivity contribution in [2.75, 3.05) is 12.4 Å². The van der Waals surface area contributed by atoms with Gasteiger partial charge in [0.1, 0.15) is 0 Å². The highest BCUT2D eigenvalue weighted by Crippen LogP contribution is 2.24. The Morgan fingerprint density at radius 3 is 2.52 bits per heavy atom. The number of anilines is 1. The third-order valence-electron chi connectivity index (χ3n) is 2.89. The second-order valence-electron chi connectivity index (χ2n) is 4.40. The maximum Gasteiger partial charge on any atom is 0.324 e. The number of nitrogens with zero attached hydrogens (tertiary/aromatic N) is 1. The molecule has 0 spiro atoms. The number of nitro groups is 1. The van der Waals surface area contributed by atoms with Crippen LogP contribution in [0.5, 0.6) is 0 Å². The van der Waals surface area contributed by atoms with E-state index < -0.39 is 0 Å². The van der Waals surface area contributed by atoms with E-state index in [1.54, 1.807) is 13.1 Å². The highest BCUT2D eigenvalue weighted by atomic mass is 32.1. The van der Waals surface area contributed by atoms with Crippen LogP contribution in [-0.2, 0) is 17.8 Å². The summed E-state index contributed by atoms with van der Waals surface area (Å²) in [6.07, 6.45) is 0.355. The van der Waals surface area contributed by atoms with Gasteiger partial charge in [-0.25, -0.2) is 0 Å². The SMILES string of the molecule is CNC(=O)Cc1ccc(NCc2ccc([N+](=O)[O-])s2)cc1. The summed E-state index contributed by atoms with van der Waals surface area (Å²) in [7, 11) is 1.61. The summed E-state index contributed by atoms with van der Waals surface area (Å²) in [5.41, 5.74) is 1.85. The summed E-state index contributed by atoms with van der Waals surface area (Å²) in [6.45, 7) is 0.535. The zero-order chi connectivity index (χ0) is 15.2. The number of amides is 1. The van der Waals surface area contributed by atoms with E-state index in [9.17, 15) is 14.9 Å². The van der Waals surface area contributed by atoms with E-state index >= 15 is 0 Å². The largest absolute Gasteiger partial charge is 0.380 e. The van der Waals surface area contributed by atoms with Gasteiger partial charge in [-0.2, -0.15) is 0 Å². The Morgan fingerprint density at radius 1 is 1.24 bits per heavy atom. The van der Waals surface area contributed by atoms with Crippen molar-refractivity contribution in [2.24, 2.45) is 0 Å². The molecule has 0 aliphatic heterocycles. The molecule has 7 heteroatoms. The summed E-state index contributed by atoms with van der Waals surface area (Å²) >= 11 is 1.16. The summed E-state index contributed by atoms with van der Waals surface area (Å²) in [6, 6.07) is 10.8. The molecule has 0 saturated heterocycles. The van der Waals surface area contributed by atoms with Crippen LogP contribution in [0, 0.1) is 10.1 Å². The number of carbonyl (C=O) groups excluding carboxylic acids is 1. The molecule has 2 N–H and O–H groups in total. The monoisotopic (exact) mass is 305 g/mol. The van der Waals surface area contributed by atoms with Crippen LogP contribution in [0.25, 0.3) is 0 Å². The first-order valence-corrected chi connectivity index (χ1v) is 7.16. The number of benzene rings is 1. The van der Waals surface area contributed by atoms with Crippen molar-refractivity contribution >= 4 is 27.9 Å². The zero-order valence-electron chi connectivity index (χ0n) is 11.5. The quantitative estimate of drug-likeness (QED) is 0.634. The molecule has 0 aliphatic carbocycles. The van der Waals surface area contributed by atoms with Crippen LogP contribution >= 0.6 is 11.3 Å². The van der Waals surface area contributed by atoms with Crippen LogP contribution in [0.4, 0.5) is 10.7 Å². The molecule has 0 atom stereocenters. The second kappa shape index (κ2) is 6.85. The van der Waals surface area contributed by atoms with Crippen LogP contribution in [0.2, 0.25) is 0 Å². The molecule has 1 amide bonds. The molecule has 0 saturated carbocycles. The fourth-order valence-corrected chi connectivity index (χ4v) is 2.52. The van der Waals surface area contributed by atoms with Gasteiger partial charge in [0.2, 0.25) is 5.91 Å². The molecule has 0 aliphatic rings. The van der Waals surface area contributed by atoms with Crippen molar-refractivity contribution in [1.82, 2.24) is 5.32 Å². The molecule has 21 heavy (non-hydrogen) atoms. The van der Waals surface area contributed by atoms with E-state index in [0.29, 0.717) is 13.0 Å². The van der Waals surface area contributed by atoms with Gasteiger partial charge in [-0.3, -0.25) is 14.9 Å². The average Bonchev–Trinajstić information content (AvgIpc) is 2.95. The number of hydrogen-bond donors (Lipinski definition) is 2. The Bertz CT molecular complexity index is 637. The van der Waals surface area contributed by atoms with Gasteiger partial charge >= 0.3 is 5.00 Å². The predicted octanol–water partition coefficient (Wildman–Crippen LogP) is 2.56. The van der Waals surface area contributed by atoms with Crippen molar-refractivity contribution in [1.29, 1.82) is 0 Å². The molecule has 6 nitrogen and oxygen atoms in total. The molecule has 0 unspecified atom stereocenters. The maximum atomic E-state index is 11.3. The van der Waals surface area contributed by atoms with Crippen LogP contribution in [0.15, 0.2) is 36.4 Å². The van der Waals surface area contributed by atoms with Crippen molar-refractivity contribution in [3.05, 3.63) is 57.0 Å². The van der Waals surface area contributed by atoms with Gasteiger partial charge in [-0.15, -0.1) is 0 Å². The van der Waals surface area contributed by atoms with E-state index in [1.807, 2.05) is 24.3 Å². The van der Waals surface area contributed by atoms with Gasteiger partial charge in [0.15, 0.2) is 0 Å². The van der Waals surface area contributed by atoms with Crippen molar-refractivity contribution in [3.8, 4) is 0 Å². The molecule has 1 aromatic carbocycles. The maximum absolute atomic E-state index is 11.3. The van der Waals surface area contributed by atoms with Crippen LogP contribution in [0.3, 0.4) is 0 Å². The minimum Gasteiger partial charge on any atom is -0.380 e. The van der Waals surface area contributed by atoms with Crippen molar-refractivity contribution in [2.45, 2.75) is 13.0 Å². The molecule has 110 valence electrons. The lowest BCUT2D eigenvalue weighted by Gasteiger charge is -2.06. The Labute approximate surface area is 126 Å². The van der Waals surface area contributed by atoms with E-state index in [4.69, 9.17) is 0 Å². The molecular formula is C14H15N3O3S. The molecule has 0 fully saturated rings. The van der Waals surface area contributed by atoms with Gasteiger partial charge in [0, 0.05) is 30.2 Å². The zero-order valence-corrected chi connectivity index (χ0v) is 12.3. The van der Waals surface area contributed by atoms with E-state index in [1.165, 1.54) is 6.07 Å². The molecule has 0 bridgehead atoms. The summed E-state index contributed by atoms with van der Waals surface area (Å²) in [5, 5.41) is 16.5. The minimum absolute atomic E-state index is 0.0263. The van der Waals surface area contributed by atoms with Gasteiger partial charge in [0.05, 0.1) is 11.3 Å². The summed E-state index contributed by atoms with van der Waals surface area (Å²) < 4.78 is 0. The number of likely N-dealkylation sites (N-methyl/N-ethyl adjacent to an activating group) is 1. The second-order valence-corrected chi connectivity index (χ2v) is 5.54. The molecule has 1 aromatic heterocycles. The normalized spacial score (nSPS) is 10.1. The fourth-order valence-electron chi connectivity index (χ4n) is 1.76. The molecule has 1 heterocycles. The number of thiophene rings is 1. The molecule has 2 aromatic rings. The molecule has 2 rings (SSSR count). The number of hydrogen-bond acceptors (Lipinski definition) is 5. The number of carbonyl (C=O) groups is 1. The smallest absolute Gasteiger partial charge is 0.324 e. The van der Waals surface area contributed by atoms with Gasteiger partial charge in [-0.1, -0.05) is 23.5 Å². The van der Waals surface area contributed by atoms with Gasteiger partial charge < -0.3 is 10.6 Å². The van der Waals surface area contributed by atoms with Crippen LogP contribution in [0.1, 0.15) is 10.4 Å². The van der Waals surface area contributed by atoms with Crippen LogP contribution in [-0.4, -0.2) is 17.9 Å². The standard InChI is InChI=1S/C14H15N3O3S/c1-15-13(18)8-10-2-4-11(5-3-10)16-9-12-6-7-14(21-12)17(19)20/h2-7,16H,8-9H2,1H3,(H,15,18). The van der Waals surface area contributed by atoms with E-state index in [2.05, 4.69) is 10.6 Å². The fraction of sp³-hybridized carbons (Fsp3) is 0.214. The predicted molar refractivity (Wildman–Crippen MR) is 82.5 cm³/mol. The van der Waals surface area contributed by atoms with Gasteiger partial charge in [-0.05, 0) is 23.8 Å². The highest BCUT2D eigenvalue weighted by Gasteiger charge is 2.09. The first-order valence-electron chi connectivity index (χ1n) is 6.35. The topological polar surface area (TPSA) is 84.3 Å². The average molecular weight is 305 g/mol. The third kappa shape index (κ3) is 4.28. The first-order chi connectivity index (χ1) is 10.1. The lowest BCUT2D eigenvalue weighted by molar-refractivity contribution is -0.380. The third-order valence-corrected chi connectivity index (χ3v) is 3.93. The van der Waals surface area contributed by atoms with E-state index in [-0.39, 0.29) is 15.8 Å². The lowest BCUT2D eigenvalue weighted by Crippen LogP contribution is -2.19.